The Morgan fingerprint density at radius 3 is 2.36 bits per heavy atom. The number of hydrazine groups is 1. The molecule has 1 aliphatic heterocycles. The molecule has 9 nitrogen and oxygen atoms in total. The third-order valence-corrected chi connectivity index (χ3v) is 5.18. The van der Waals surface area contributed by atoms with E-state index in [-0.39, 0.29) is 30.2 Å². The fourth-order valence-electron chi connectivity index (χ4n) is 3.55. The Labute approximate surface area is 187 Å². The lowest BCUT2D eigenvalue weighted by molar-refractivity contribution is 0.0843. The number of ether oxygens (including phenoxy) is 2. The van der Waals surface area contributed by atoms with Crippen LogP contribution in [0.1, 0.15) is 26.4 Å². The smallest absolute Gasteiger partial charge is 0.290 e. The van der Waals surface area contributed by atoms with Crippen molar-refractivity contribution in [2.45, 2.75) is 6.54 Å². The average Bonchev–Trinajstić information content (AvgIpc) is 3.33. The molecule has 0 saturated heterocycles. The summed E-state index contributed by atoms with van der Waals surface area (Å²) < 4.78 is 11.7. The number of hydrogen-bond donors (Lipinski definition) is 2. The number of aromatic nitrogens is 2. The maximum Gasteiger partial charge on any atom is 0.290 e. The molecule has 0 atom stereocenters. The number of benzene rings is 3. The van der Waals surface area contributed by atoms with Gasteiger partial charge in [0.15, 0.2) is 17.2 Å². The molecule has 0 saturated carbocycles. The van der Waals surface area contributed by atoms with Gasteiger partial charge in [-0.2, -0.15) is 5.10 Å². The van der Waals surface area contributed by atoms with Gasteiger partial charge in [-0.05, 0) is 29.8 Å². The van der Waals surface area contributed by atoms with Gasteiger partial charge in [-0.15, -0.1) is 0 Å². The molecule has 2 heterocycles. The Bertz CT molecular complexity index is 1430. The zero-order chi connectivity index (χ0) is 22.8. The van der Waals surface area contributed by atoms with Gasteiger partial charge in [-0.25, -0.2) is 4.68 Å². The number of nitrogens with one attached hydrogen (secondary N) is 2. The molecule has 4 aromatic rings. The second-order valence-corrected chi connectivity index (χ2v) is 7.32. The van der Waals surface area contributed by atoms with Crippen LogP contribution in [-0.2, 0) is 6.54 Å². The molecular weight excluding hydrogens is 424 g/mol. The van der Waals surface area contributed by atoms with Crippen molar-refractivity contribution in [1.82, 2.24) is 20.6 Å². The van der Waals surface area contributed by atoms with Gasteiger partial charge >= 0.3 is 0 Å². The zero-order valence-electron chi connectivity index (χ0n) is 17.3. The maximum atomic E-state index is 12.9. The molecule has 0 spiro atoms. The number of amides is 2. The molecule has 0 unspecified atom stereocenters. The molecule has 1 aromatic heterocycles. The number of rotatable bonds is 4. The summed E-state index contributed by atoms with van der Waals surface area (Å²) in [5.41, 5.74) is 5.61. The topological polar surface area (TPSA) is 112 Å². The van der Waals surface area contributed by atoms with E-state index in [1.807, 2.05) is 30.3 Å². The molecule has 5 rings (SSSR count). The summed E-state index contributed by atoms with van der Waals surface area (Å²) in [6.07, 6.45) is 0. The summed E-state index contributed by atoms with van der Waals surface area (Å²) in [5, 5.41) is 5.05. The Kier molecular flexibility index (Phi) is 5.19. The summed E-state index contributed by atoms with van der Waals surface area (Å²) in [4.78, 5) is 38.4. The van der Waals surface area contributed by atoms with Crippen LogP contribution in [0, 0.1) is 0 Å². The minimum absolute atomic E-state index is 0.0205. The molecule has 164 valence electrons. The van der Waals surface area contributed by atoms with Crippen LogP contribution in [0.4, 0.5) is 0 Å². The van der Waals surface area contributed by atoms with Gasteiger partial charge < -0.3 is 9.47 Å². The zero-order valence-corrected chi connectivity index (χ0v) is 17.3. The molecular formula is C24H18N4O5. The highest BCUT2D eigenvalue weighted by atomic mass is 16.7. The van der Waals surface area contributed by atoms with Crippen LogP contribution in [0.15, 0.2) is 77.6 Å². The molecule has 33 heavy (non-hydrogen) atoms. The van der Waals surface area contributed by atoms with Gasteiger partial charge in [0.1, 0.15) is 0 Å². The fourth-order valence-corrected chi connectivity index (χ4v) is 3.55. The lowest BCUT2D eigenvalue weighted by Gasteiger charge is -2.12. The van der Waals surface area contributed by atoms with Crippen molar-refractivity contribution in [1.29, 1.82) is 0 Å². The first-order valence-corrected chi connectivity index (χ1v) is 10.1. The quantitative estimate of drug-likeness (QED) is 0.469. The van der Waals surface area contributed by atoms with Crippen LogP contribution in [0.3, 0.4) is 0 Å². The minimum Gasteiger partial charge on any atom is -0.454 e. The maximum absolute atomic E-state index is 12.9. The second-order valence-electron chi connectivity index (χ2n) is 7.32. The van der Waals surface area contributed by atoms with Gasteiger partial charge in [0.2, 0.25) is 6.79 Å². The van der Waals surface area contributed by atoms with Crippen molar-refractivity contribution in [2.24, 2.45) is 0 Å². The lowest BCUT2D eigenvalue weighted by Crippen LogP contribution is -2.42. The summed E-state index contributed by atoms with van der Waals surface area (Å²) in [7, 11) is 0. The SMILES string of the molecule is O=C(NNC(=O)c1nn(Cc2ccccc2)c(=O)c2ccccc12)c1ccc2c(c1)OCO2. The first-order valence-electron chi connectivity index (χ1n) is 10.1. The van der Waals surface area contributed by atoms with E-state index >= 15 is 0 Å². The number of nitrogens with zero attached hydrogens (tertiary/aromatic N) is 2. The molecule has 0 aliphatic carbocycles. The van der Waals surface area contributed by atoms with E-state index in [0.717, 1.165) is 5.56 Å². The van der Waals surface area contributed by atoms with E-state index in [0.29, 0.717) is 22.3 Å². The summed E-state index contributed by atoms with van der Waals surface area (Å²) >= 11 is 0. The Hall–Kier alpha value is -4.66. The van der Waals surface area contributed by atoms with E-state index in [1.54, 1.807) is 36.4 Å². The highest BCUT2D eigenvalue weighted by Gasteiger charge is 2.19. The number of carbonyl (C=O) groups excluding carboxylic acids is 2. The van der Waals surface area contributed by atoms with E-state index in [1.165, 1.54) is 10.7 Å². The molecule has 2 N–H and O–H groups in total. The van der Waals surface area contributed by atoms with E-state index < -0.39 is 11.8 Å². The molecule has 0 radical (unpaired) electrons. The molecule has 0 fully saturated rings. The van der Waals surface area contributed by atoms with E-state index in [9.17, 15) is 14.4 Å². The Morgan fingerprint density at radius 2 is 1.55 bits per heavy atom. The summed E-state index contributed by atoms with van der Waals surface area (Å²) in [6, 6.07) is 20.8. The molecule has 0 bridgehead atoms. The normalized spacial score (nSPS) is 11.9. The predicted molar refractivity (Wildman–Crippen MR) is 119 cm³/mol. The van der Waals surface area contributed by atoms with Crippen LogP contribution in [0.5, 0.6) is 11.5 Å². The Morgan fingerprint density at radius 1 is 0.848 bits per heavy atom. The van der Waals surface area contributed by atoms with Crippen molar-refractivity contribution < 1.29 is 19.1 Å². The van der Waals surface area contributed by atoms with Crippen molar-refractivity contribution in [3.8, 4) is 11.5 Å². The fraction of sp³-hybridized carbons (Fsp3) is 0.0833. The molecule has 1 aliphatic rings. The number of fused-ring (bicyclic) bond motifs is 2. The molecule has 3 aromatic carbocycles. The summed E-state index contributed by atoms with van der Waals surface area (Å²) in [6.45, 7) is 0.295. The largest absolute Gasteiger partial charge is 0.454 e. The monoisotopic (exact) mass is 442 g/mol. The minimum atomic E-state index is -0.651. The number of hydrogen-bond acceptors (Lipinski definition) is 6. The van der Waals surface area contributed by atoms with E-state index in [2.05, 4.69) is 16.0 Å². The third kappa shape index (κ3) is 3.99. The second kappa shape index (κ2) is 8.46. The van der Waals surface area contributed by atoms with Crippen molar-refractivity contribution in [2.75, 3.05) is 6.79 Å². The van der Waals surface area contributed by atoms with Crippen LogP contribution < -0.4 is 25.9 Å². The van der Waals surface area contributed by atoms with Crippen molar-refractivity contribution in [3.05, 3.63) is 100.0 Å². The van der Waals surface area contributed by atoms with Gasteiger partial charge in [0, 0.05) is 10.9 Å². The van der Waals surface area contributed by atoms with E-state index in [4.69, 9.17) is 9.47 Å². The lowest BCUT2D eigenvalue weighted by atomic mass is 10.1. The summed E-state index contributed by atoms with van der Waals surface area (Å²) in [5.74, 6) is -0.188. The average molecular weight is 442 g/mol. The van der Waals surface area contributed by atoms with Crippen molar-refractivity contribution >= 4 is 22.6 Å². The number of carbonyl (C=O) groups is 2. The molecule has 2 amide bonds. The van der Waals surface area contributed by atoms with Crippen LogP contribution in [0.2, 0.25) is 0 Å². The standard InChI is InChI=1S/C24H18N4O5/c29-22(16-10-11-19-20(12-16)33-14-32-19)25-26-23(30)21-17-8-4-5-9-18(17)24(31)28(27-21)13-15-6-2-1-3-7-15/h1-12H,13-14H2,(H,25,29)(H,26,30). The highest BCUT2D eigenvalue weighted by molar-refractivity contribution is 6.06. The van der Waals surface area contributed by atoms with Crippen LogP contribution in [-0.4, -0.2) is 28.4 Å². The van der Waals surface area contributed by atoms with Gasteiger partial charge in [0.25, 0.3) is 17.4 Å². The van der Waals surface area contributed by atoms with Gasteiger partial charge in [-0.1, -0.05) is 48.5 Å². The highest BCUT2D eigenvalue weighted by Crippen LogP contribution is 2.32. The molecule has 9 heteroatoms. The third-order valence-electron chi connectivity index (χ3n) is 5.18. The first kappa shape index (κ1) is 20.3. The first-order chi connectivity index (χ1) is 16.1. The van der Waals surface area contributed by atoms with Gasteiger partial charge in [-0.3, -0.25) is 25.2 Å². The van der Waals surface area contributed by atoms with Crippen LogP contribution >= 0.6 is 0 Å². The van der Waals surface area contributed by atoms with Crippen LogP contribution in [0.25, 0.3) is 10.8 Å². The van der Waals surface area contributed by atoms with Gasteiger partial charge in [0.05, 0.1) is 11.9 Å². The predicted octanol–water partition coefficient (Wildman–Crippen LogP) is 2.25. The Balaban J connectivity index is 1.41. The van der Waals surface area contributed by atoms with Crippen molar-refractivity contribution in [3.63, 3.8) is 0 Å².